The van der Waals surface area contributed by atoms with Crippen molar-refractivity contribution in [3.63, 3.8) is 0 Å². The minimum absolute atomic E-state index is 0.370. The van der Waals surface area contributed by atoms with E-state index in [0.29, 0.717) is 6.54 Å². The van der Waals surface area contributed by atoms with Gasteiger partial charge in [0.05, 0.1) is 9.43 Å². The number of hydrogen-bond acceptors (Lipinski definition) is 3. The van der Waals surface area contributed by atoms with Crippen LogP contribution in [-0.2, 0) is 11.3 Å². The molecule has 15 heavy (non-hydrogen) atoms. The van der Waals surface area contributed by atoms with Crippen LogP contribution in [0.1, 0.15) is 25.6 Å². The third-order valence-electron chi connectivity index (χ3n) is 1.43. The molecule has 0 aliphatic heterocycles. The van der Waals surface area contributed by atoms with Gasteiger partial charge < -0.3 is 10.1 Å². The molecular formula is C10H14INO2S. The van der Waals surface area contributed by atoms with Gasteiger partial charge in [-0.1, -0.05) is 0 Å². The fraction of sp³-hybridized carbons (Fsp3) is 0.500. The Morgan fingerprint density at radius 2 is 2.20 bits per heavy atom. The zero-order chi connectivity index (χ0) is 11.5. The third kappa shape index (κ3) is 5.36. The molecule has 1 aromatic rings. The summed E-state index contributed by atoms with van der Waals surface area (Å²) in [6, 6.07) is 4.03. The molecule has 0 aliphatic rings. The molecule has 5 heteroatoms. The monoisotopic (exact) mass is 339 g/mol. The van der Waals surface area contributed by atoms with E-state index in [1.54, 1.807) is 11.3 Å². The maximum Gasteiger partial charge on any atom is 0.407 e. The van der Waals surface area contributed by atoms with Crippen LogP contribution in [0.15, 0.2) is 12.1 Å². The van der Waals surface area contributed by atoms with Crippen molar-refractivity contribution in [2.45, 2.75) is 32.9 Å². The lowest BCUT2D eigenvalue weighted by Gasteiger charge is -2.19. The molecule has 0 atom stereocenters. The largest absolute Gasteiger partial charge is 0.444 e. The second kappa shape index (κ2) is 5.16. The Morgan fingerprint density at radius 3 is 2.67 bits per heavy atom. The van der Waals surface area contributed by atoms with Crippen LogP contribution < -0.4 is 5.32 Å². The number of amides is 1. The van der Waals surface area contributed by atoms with Gasteiger partial charge >= 0.3 is 6.09 Å². The molecule has 0 fully saturated rings. The third-order valence-corrected chi connectivity index (χ3v) is 3.33. The maximum atomic E-state index is 11.3. The van der Waals surface area contributed by atoms with Crippen molar-refractivity contribution in [3.05, 3.63) is 19.9 Å². The van der Waals surface area contributed by atoms with Crippen LogP contribution in [0.4, 0.5) is 4.79 Å². The molecule has 0 radical (unpaired) electrons. The first-order valence-corrected chi connectivity index (χ1v) is 6.47. The van der Waals surface area contributed by atoms with Crippen LogP contribution in [0, 0.1) is 2.88 Å². The molecule has 0 spiro atoms. The van der Waals surface area contributed by atoms with E-state index in [9.17, 15) is 4.79 Å². The fourth-order valence-electron chi connectivity index (χ4n) is 0.920. The molecule has 1 aromatic heterocycles. The van der Waals surface area contributed by atoms with Crippen molar-refractivity contribution in [3.8, 4) is 0 Å². The molecule has 1 N–H and O–H groups in total. The topological polar surface area (TPSA) is 38.3 Å². The summed E-state index contributed by atoms with van der Waals surface area (Å²) in [6.45, 7) is 6.07. The Balaban J connectivity index is 2.35. The first-order chi connectivity index (χ1) is 6.87. The lowest BCUT2D eigenvalue weighted by Crippen LogP contribution is -2.31. The molecule has 0 bridgehead atoms. The van der Waals surface area contributed by atoms with E-state index in [1.165, 1.54) is 2.88 Å². The van der Waals surface area contributed by atoms with E-state index in [0.717, 1.165) is 4.88 Å². The van der Waals surface area contributed by atoms with Crippen LogP contribution in [0.25, 0.3) is 0 Å². The Hall–Kier alpha value is -0.300. The molecule has 84 valence electrons. The molecule has 0 saturated carbocycles. The standard InChI is InChI=1S/C10H14INO2S/c1-10(2,3)14-9(13)12-6-7-4-5-8(11)15-7/h4-5H,6H2,1-3H3,(H,12,13). The van der Waals surface area contributed by atoms with Crippen LogP contribution in [0.2, 0.25) is 0 Å². The molecule has 1 rings (SSSR count). The highest BCUT2D eigenvalue weighted by Gasteiger charge is 2.15. The van der Waals surface area contributed by atoms with Gasteiger partial charge in [0.25, 0.3) is 0 Å². The lowest BCUT2D eigenvalue weighted by molar-refractivity contribution is 0.0524. The molecule has 0 saturated heterocycles. The predicted octanol–water partition coefficient (Wildman–Crippen LogP) is 3.38. The number of nitrogens with one attached hydrogen (secondary N) is 1. The minimum Gasteiger partial charge on any atom is -0.444 e. The van der Waals surface area contributed by atoms with Crippen molar-refractivity contribution in [1.29, 1.82) is 0 Å². The number of halogens is 1. The molecule has 3 nitrogen and oxygen atoms in total. The van der Waals surface area contributed by atoms with E-state index in [4.69, 9.17) is 4.74 Å². The second-order valence-corrected chi connectivity index (χ2v) is 7.12. The fourth-order valence-corrected chi connectivity index (χ4v) is 2.62. The van der Waals surface area contributed by atoms with Crippen molar-refractivity contribution in [2.75, 3.05) is 0 Å². The summed E-state index contributed by atoms with van der Waals surface area (Å²) in [6.07, 6.45) is -0.370. The SMILES string of the molecule is CC(C)(C)OC(=O)NCc1ccc(I)s1. The summed E-state index contributed by atoms with van der Waals surface area (Å²) in [7, 11) is 0. The van der Waals surface area contributed by atoms with Crippen LogP contribution >= 0.6 is 33.9 Å². The van der Waals surface area contributed by atoms with Crippen molar-refractivity contribution >= 4 is 40.0 Å². The van der Waals surface area contributed by atoms with Gasteiger partial charge in [-0.05, 0) is 55.5 Å². The maximum absolute atomic E-state index is 11.3. The summed E-state index contributed by atoms with van der Waals surface area (Å²) < 4.78 is 6.34. The van der Waals surface area contributed by atoms with E-state index < -0.39 is 5.60 Å². The van der Waals surface area contributed by atoms with E-state index in [1.807, 2.05) is 32.9 Å². The first kappa shape index (κ1) is 12.8. The molecule has 1 amide bonds. The highest BCUT2D eigenvalue weighted by Crippen LogP contribution is 2.17. The summed E-state index contributed by atoms with van der Waals surface area (Å²) >= 11 is 3.92. The normalized spacial score (nSPS) is 11.2. The number of thiophene rings is 1. The van der Waals surface area contributed by atoms with Crippen LogP contribution in [-0.4, -0.2) is 11.7 Å². The van der Waals surface area contributed by atoms with Crippen molar-refractivity contribution < 1.29 is 9.53 Å². The van der Waals surface area contributed by atoms with Gasteiger partial charge in [0, 0.05) is 4.88 Å². The predicted molar refractivity (Wildman–Crippen MR) is 70.1 cm³/mol. The summed E-state index contributed by atoms with van der Waals surface area (Å²) in [4.78, 5) is 12.4. The van der Waals surface area contributed by atoms with Crippen molar-refractivity contribution in [2.24, 2.45) is 0 Å². The van der Waals surface area contributed by atoms with Gasteiger partial charge in [0.2, 0.25) is 0 Å². The zero-order valence-electron chi connectivity index (χ0n) is 8.96. The Morgan fingerprint density at radius 1 is 1.53 bits per heavy atom. The van der Waals surface area contributed by atoms with Gasteiger partial charge in [-0.3, -0.25) is 0 Å². The summed E-state index contributed by atoms with van der Waals surface area (Å²) in [5.41, 5.74) is -0.437. The number of ether oxygens (including phenoxy) is 1. The molecular weight excluding hydrogens is 325 g/mol. The Kier molecular flexibility index (Phi) is 4.39. The number of rotatable bonds is 2. The highest BCUT2D eigenvalue weighted by molar-refractivity contribution is 14.1. The lowest BCUT2D eigenvalue weighted by atomic mass is 10.2. The first-order valence-electron chi connectivity index (χ1n) is 4.58. The second-order valence-electron chi connectivity index (χ2n) is 4.06. The molecule has 1 heterocycles. The van der Waals surface area contributed by atoms with Gasteiger partial charge in [-0.2, -0.15) is 0 Å². The number of alkyl carbamates (subject to hydrolysis) is 1. The average Bonchev–Trinajstić information content (AvgIpc) is 2.45. The minimum atomic E-state index is -0.437. The van der Waals surface area contributed by atoms with E-state index in [2.05, 4.69) is 27.9 Å². The Bertz CT molecular complexity index is 343. The van der Waals surface area contributed by atoms with Gasteiger partial charge in [0.15, 0.2) is 0 Å². The number of hydrogen-bond donors (Lipinski definition) is 1. The Labute approximate surface area is 107 Å². The van der Waals surface area contributed by atoms with Gasteiger partial charge in [-0.25, -0.2) is 4.79 Å². The highest BCUT2D eigenvalue weighted by atomic mass is 127. The summed E-state index contributed by atoms with van der Waals surface area (Å²) in [5, 5.41) is 2.71. The van der Waals surface area contributed by atoms with E-state index in [-0.39, 0.29) is 6.09 Å². The van der Waals surface area contributed by atoms with E-state index >= 15 is 0 Å². The van der Waals surface area contributed by atoms with Crippen LogP contribution in [0.5, 0.6) is 0 Å². The molecule has 0 unspecified atom stereocenters. The number of carbonyl (C=O) groups excluding carboxylic acids is 1. The average molecular weight is 339 g/mol. The zero-order valence-corrected chi connectivity index (χ0v) is 11.9. The summed E-state index contributed by atoms with van der Waals surface area (Å²) in [5.74, 6) is 0. The van der Waals surface area contributed by atoms with Crippen molar-refractivity contribution in [1.82, 2.24) is 5.32 Å². The van der Waals surface area contributed by atoms with Gasteiger partial charge in [0.1, 0.15) is 5.60 Å². The van der Waals surface area contributed by atoms with Gasteiger partial charge in [-0.15, -0.1) is 11.3 Å². The molecule has 0 aliphatic carbocycles. The number of carbonyl (C=O) groups is 1. The molecule has 0 aromatic carbocycles. The smallest absolute Gasteiger partial charge is 0.407 e. The quantitative estimate of drug-likeness (QED) is 0.839. The van der Waals surface area contributed by atoms with Crippen LogP contribution in [0.3, 0.4) is 0 Å².